The van der Waals surface area contributed by atoms with Crippen molar-refractivity contribution in [3.8, 4) is 11.5 Å². The van der Waals surface area contributed by atoms with E-state index in [4.69, 9.17) is 6.15 Å². The van der Waals surface area contributed by atoms with Crippen molar-refractivity contribution in [2.24, 2.45) is 0 Å². The molecule has 0 fully saturated rings. The van der Waals surface area contributed by atoms with Crippen molar-refractivity contribution in [3.63, 3.8) is 0 Å². The van der Waals surface area contributed by atoms with Crippen molar-refractivity contribution >= 4 is 19.2 Å². The van der Waals surface area contributed by atoms with Gasteiger partial charge in [0.1, 0.15) is 0 Å². The average molecular weight is 644 g/mol. The number of rotatable bonds is 22. The first-order valence-electron chi connectivity index (χ1n) is 16.7. The van der Waals surface area contributed by atoms with Crippen LogP contribution in [0.3, 0.4) is 0 Å². The molecule has 0 spiro atoms. The molecule has 0 bridgehead atoms. The van der Waals surface area contributed by atoms with Crippen LogP contribution < -0.4 is 6.15 Å². The first kappa shape index (κ1) is 34.0. The van der Waals surface area contributed by atoms with Crippen molar-refractivity contribution in [1.29, 1.82) is 0 Å². The monoisotopic (exact) mass is 644 g/mol. The number of hydrogen-bond acceptors (Lipinski definition) is 2. The Morgan fingerprint density at radius 2 is 0.846 bits per heavy atom. The van der Waals surface area contributed by atoms with Crippen LogP contribution in [0, 0.1) is 0 Å². The van der Waals surface area contributed by atoms with Crippen LogP contribution in [0.25, 0.3) is 0 Å². The van der Waals surface area contributed by atoms with Crippen LogP contribution in [-0.2, 0) is 25.7 Å². The summed E-state index contributed by atoms with van der Waals surface area (Å²) < 4.78 is 17.1. The van der Waals surface area contributed by atoms with E-state index in [0.29, 0.717) is 0 Å². The molecule has 0 N–H and O–H groups in total. The molecule has 0 aliphatic rings. The van der Waals surface area contributed by atoms with Gasteiger partial charge in [-0.15, -0.1) is 0 Å². The van der Waals surface area contributed by atoms with E-state index >= 15 is 0 Å². The summed E-state index contributed by atoms with van der Waals surface area (Å²) in [4.78, 5) is 0. The van der Waals surface area contributed by atoms with Crippen LogP contribution in [0.15, 0.2) is 36.4 Å². The molecule has 0 atom stereocenters. The van der Waals surface area contributed by atoms with E-state index in [-0.39, 0.29) is 0 Å². The van der Waals surface area contributed by atoms with Gasteiger partial charge < -0.3 is 0 Å². The molecule has 0 saturated carbocycles. The molecule has 2 aromatic rings. The maximum atomic E-state index is 7.39. The van der Waals surface area contributed by atoms with Crippen molar-refractivity contribution in [2.75, 3.05) is 0 Å². The molecule has 0 radical (unpaired) electrons. The predicted molar refractivity (Wildman–Crippen MR) is 174 cm³/mol. The third kappa shape index (κ3) is 11.3. The summed E-state index contributed by atoms with van der Waals surface area (Å²) in [7, 11) is 0. The second kappa shape index (κ2) is 19.8. The summed E-state index contributed by atoms with van der Waals surface area (Å²) in [5.41, 5.74) is 5.65. The van der Waals surface area contributed by atoms with Gasteiger partial charge in [0, 0.05) is 0 Å². The van der Waals surface area contributed by atoms with Crippen LogP contribution in [-0.4, -0.2) is 19.2 Å². The minimum absolute atomic E-state index is 1.01. The quantitative estimate of drug-likeness (QED) is 0.0939. The Bertz CT molecular complexity index is 847. The van der Waals surface area contributed by atoms with Gasteiger partial charge in [-0.05, 0) is 0 Å². The Morgan fingerprint density at radius 3 is 1.21 bits per heavy atom. The van der Waals surface area contributed by atoms with Gasteiger partial charge in [0.05, 0.1) is 0 Å². The molecule has 3 heteroatoms. The number of hydrogen-bond donors (Lipinski definition) is 0. The summed E-state index contributed by atoms with van der Waals surface area (Å²) in [6.07, 6.45) is 19.9. The molecule has 0 aliphatic carbocycles. The SMILES string of the molecule is CCCCCCC[CH2][Sn]([CH2]CCCCCCC)([O]c1cccc(CC)c1CC)[O]c1cccc(CC)c1CC. The summed E-state index contributed by atoms with van der Waals surface area (Å²) in [5.74, 6) is 2.24. The Morgan fingerprint density at radius 1 is 0.462 bits per heavy atom. The topological polar surface area (TPSA) is 18.5 Å². The number of unbranched alkanes of at least 4 members (excludes halogenated alkanes) is 10. The third-order valence-corrected chi connectivity index (χ3v) is 18.1. The van der Waals surface area contributed by atoms with Gasteiger partial charge in [-0.2, -0.15) is 0 Å². The summed E-state index contributed by atoms with van der Waals surface area (Å²) >= 11 is -3.58. The minimum atomic E-state index is -3.58. The van der Waals surface area contributed by atoms with E-state index in [2.05, 4.69) is 77.9 Å². The molecular weight excluding hydrogens is 583 g/mol. The van der Waals surface area contributed by atoms with Gasteiger partial charge in [0.2, 0.25) is 0 Å². The van der Waals surface area contributed by atoms with Gasteiger partial charge in [-0.3, -0.25) is 0 Å². The van der Waals surface area contributed by atoms with Crippen LogP contribution >= 0.6 is 0 Å². The molecule has 0 heterocycles. The van der Waals surface area contributed by atoms with Gasteiger partial charge in [0.15, 0.2) is 0 Å². The Balaban J connectivity index is 2.44. The predicted octanol–water partition coefficient (Wildman–Crippen LogP) is 11.6. The van der Waals surface area contributed by atoms with Crippen molar-refractivity contribution in [3.05, 3.63) is 58.7 Å². The molecule has 0 amide bonds. The summed E-state index contributed by atoms with van der Waals surface area (Å²) in [6, 6.07) is 13.4. The van der Waals surface area contributed by atoms with Gasteiger partial charge >= 0.3 is 249 Å². The van der Waals surface area contributed by atoms with Crippen LogP contribution in [0.2, 0.25) is 8.87 Å². The van der Waals surface area contributed by atoms with Gasteiger partial charge in [-0.1, -0.05) is 0 Å². The molecule has 0 aromatic heterocycles. The standard InChI is InChI=1S/2C10H14O.2C8H17.Sn/c2*1-3-8-6-5-7-10(11)9(8)4-2;2*1-3-5-7-8-6-4-2;/h2*5-7,11H,3-4H2,1-2H3;2*1,3-8H2,2H3;/q;;;;+2/p-2. The van der Waals surface area contributed by atoms with Crippen LogP contribution in [0.5, 0.6) is 11.5 Å². The zero-order chi connectivity index (χ0) is 28.3. The van der Waals surface area contributed by atoms with Crippen LogP contribution in [0.1, 0.15) is 141 Å². The molecule has 39 heavy (non-hydrogen) atoms. The summed E-state index contributed by atoms with van der Waals surface area (Å²) in [6.45, 7) is 13.7. The third-order valence-electron chi connectivity index (χ3n) is 8.34. The average Bonchev–Trinajstić information content (AvgIpc) is 2.96. The summed E-state index contributed by atoms with van der Waals surface area (Å²) in [5, 5.41) is 0. The molecule has 0 saturated heterocycles. The zero-order valence-electron chi connectivity index (χ0n) is 26.5. The Hall–Kier alpha value is -1.16. The number of benzene rings is 2. The first-order chi connectivity index (χ1) is 19.1. The van der Waals surface area contributed by atoms with Crippen LogP contribution in [0.4, 0.5) is 0 Å². The fourth-order valence-corrected chi connectivity index (χ4v) is 15.9. The normalized spacial score (nSPS) is 11.6. The Labute approximate surface area is 247 Å². The van der Waals surface area contributed by atoms with E-state index in [1.165, 1.54) is 99.3 Å². The second-order valence-corrected chi connectivity index (χ2v) is 20.6. The van der Waals surface area contributed by atoms with Crippen molar-refractivity contribution in [1.82, 2.24) is 0 Å². The van der Waals surface area contributed by atoms with E-state index < -0.39 is 19.2 Å². The Kier molecular flexibility index (Phi) is 17.3. The maximum absolute atomic E-state index is 7.39. The molecule has 0 unspecified atom stereocenters. The van der Waals surface area contributed by atoms with Crippen molar-refractivity contribution in [2.45, 2.75) is 153 Å². The van der Waals surface area contributed by atoms with E-state index in [9.17, 15) is 0 Å². The second-order valence-electron chi connectivity index (χ2n) is 11.4. The molecule has 220 valence electrons. The molecule has 2 rings (SSSR count). The molecule has 2 nitrogen and oxygen atoms in total. The fourth-order valence-electron chi connectivity index (χ4n) is 5.98. The molecular formula is C36H60O2Sn. The fraction of sp³-hybridized carbons (Fsp3) is 0.667. The van der Waals surface area contributed by atoms with E-state index in [0.717, 1.165) is 46.1 Å². The van der Waals surface area contributed by atoms with E-state index in [1.807, 2.05) is 0 Å². The first-order valence-corrected chi connectivity index (χ1v) is 23.0. The zero-order valence-corrected chi connectivity index (χ0v) is 29.4. The van der Waals surface area contributed by atoms with Crippen molar-refractivity contribution < 1.29 is 6.15 Å². The van der Waals surface area contributed by atoms with Gasteiger partial charge in [0.25, 0.3) is 0 Å². The molecule has 2 aromatic carbocycles. The number of aryl methyl sites for hydroxylation is 2. The molecule has 0 aliphatic heterocycles. The van der Waals surface area contributed by atoms with Gasteiger partial charge in [-0.25, -0.2) is 0 Å². The van der Waals surface area contributed by atoms with E-state index in [1.54, 1.807) is 0 Å².